The van der Waals surface area contributed by atoms with Gasteiger partial charge in [-0.15, -0.1) is 0 Å². The maximum atomic E-state index is 5.94. The molecule has 2 heterocycles. The molecule has 0 aromatic heterocycles. The minimum absolute atomic E-state index is 0.764. The van der Waals surface area contributed by atoms with Crippen molar-refractivity contribution in [2.24, 2.45) is 0 Å². The Morgan fingerprint density at radius 1 is 1.20 bits per heavy atom. The molecule has 2 N–H and O–H groups in total. The highest BCUT2D eigenvalue weighted by molar-refractivity contribution is 5.47. The van der Waals surface area contributed by atoms with Crippen LogP contribution in [0.25, 0.3) is 0 Å². The Hall–Kier alpha value is -1.26. The number of hydrogen-bond donors (Lipinski definition) is 1. The van der Waals surface area contributed by atoms with Gasteiger partial charge in [-0.3, -0.25) is 9.80 Å². The Bertz CT molecular complexity index is 463. The Labute approximate surface area is 121 Å². The number of hydrogen-bond acceptors (Lipinski definition) is 4. The summed E-state index contributed by atoms with van der Waals surface area (Å²) in [6.45, 7) is 5.84. The second-order valence-electron chi connectivity index (χ2n) is 6.04. The molecule has 1 aromatic carbocycles. The lowest BCUT2D eigenvalue weighted by atomic mass is 9.99. The molecule has 3 rings (SSSR count). The fourth-order valence-electron chi connectivity index (χ4n) is 3.52. The molecule has 4 nitrogen and oxygen atoms in total. The van der Waals surface area contributed by atoms with E-state index in [-0.39, 0.29) is 0 Å². The van der Waals surface area contributed by atoms with E-state index in [4.69, 9.17) is 10.5 Å². The van der Waals surface area contributed by atoms with Crippen molar-refractivity contribution in [3.8, 4) is 5.75 Å². The van der Waals surface area contributed by atoms with Gasteiger partial charge in [0.25, 0.3) is 0 Å². The number of nitrogens with zero attached hydrogens (tertiary/aromatic N) is 2. The number of ether oxygens (including phenoxy) is 1. The third-order valence-electron chi connectivity index (χ3n) is 4.55. The van der Waals surface area contributed by atoms with Gasteiger partial charge in [0.1, 0.15) is 5.75 Å². The topological polar surface area (TPSA) is 41.7 Å². The third kappa shape index (κ3) is 3.07. The van der Waals surface area contributed by atoms with Gasteiger partial charge in [0, 0.05) is 44.0 Å². The number of anilines is 1. The molecule has 0 aliphatic carbocycles. The number of benzene rings is 1. The van der Waals surface area contributed by atoms with Crippen molar-refractivity contribution in [2.45, 2.75) is 31.8 Å². The van der Waals surface area contributed by atoms with Crippen molar-refractivity contribution in [3.05, 3.63) is 23.8 Å². The van der Waals surface area contributed by atoms with E-state index in [2.05, 4.69) is 21.9 Å². The van der Waals surface area contributed by atoms with Crippen LogP contribution in [0.4, 0.5) is 5.69 Å². The molecule has 1 aromatic rings. The molecule has 0 saturated carbocycles. The molecule has 4 heteroatoms. The minimum Gasteiger partial charge on any atom is -0.497 e. The van der Waals surface area contributed by atoms with Crippen LogP contribution in [0.2, 0.25) is 0 Å². The van der Waals surface area contributed by atoms with Crippen LogP contribution < -0.4 is 10.5 Å². The summed E-state index contributed by atoms with van der Waals surface area (Å²) in [5, 5.41) is 0. The summed E-state index contributed by atoms with van der Waals surface area (Å²) in [6, 6.07) is 6.81. The highest BCUT2D eigenvalue weighted by Gasteiger charge is 2.28. The predicted molar refractivity (Wildman–Crippen MR) is 81.9 cm³/mol. The molecule has 0 bridgehead atoms. The zero-order chi connectivity index (χ0) is 13.9. The van der Waals surface area contributed by atoms with Crippen LogP contribution in [0.1, 0.15) is 24.8 Å². The van der Waals surface area contributed by atoms with Crippen LogP contribution in [-0.2, 0) is 6.54 Å². The molecule has 2 saturated heterocycles. The van der Waals surface area contributed by atoms with Gasteiger partial charge in [-0.05, 0) is 37.1 Å². The Kier molecular flexibility index (Phi) is 4.13. The SMILES string of the molecule is COc1cc(N)cc(CN2CCN3CCCCC3C2)c1. The first-order valence-electron chi connectivity index (χ1n) is 7.64. The summed E-state index contributed by atoms with van der Waals surface area (Å²) >= 11 is 0. The monoisotopic (exact) mass is 275 g/mol. The van der Waals surface area contributed by atoms with Crippen LogP contribution >= 0.6 is 0 Å². The standard InChI is InChI=1S/C16H25N3O/c1-20-16-9-13(8-14(17)10-16)11-18-6-7-19-5-3-2-4-15(19)12-18/h8-10,15H,2-7,11-12,17H2,1H3. The van der Waals surface area contributed by atoms with Gasteiger partial charge in [-0.2, -0.15) is 0 Å². The van der Waals surface area contributed by atoms with Gasteiger partial charge >= 0.3 is 0 Å². The highest BCUT2D eigenvalue weighted by atomic mass is 16.5. The van der Waals surface area contributed by atoms with E-state index in [1.54, 1.807) is 7.11 Å². The second kappa shape index (κ2) is 6.02. The molecule has 0 spiro atoms. The van der Waals surface area contributed by atoms with Gasteiger partial charge in [-0.25, -0.2) is 0 Å². The lowest BCUT2D eigenvalue weighted by Crippen LogP contribution is -2.54. The van der Waals surface area contributed by atoms with Crippen molar-refractivity contribution < 1.29 is 4.74 Å². The summed E-state index contributed by atoms with van der Waals surface area (Å²) in [5.74, 6) is 0.858. The van der Waals surface area contributed by atoms with E-state index < -0.39 is 0 Å². The van der Waals surface area contributed by atoms with Gasteiger partial charge in [0.2, 0.25) is 0 Å². The van der Waals surface area contributed by atoms with E-state index in [9.17, 15) is 0 Å². The average molecular weight is 275 g/mol. The summed E-state index contributed by atoms with van der Waals surface area (Å²) in [5.41, 5.74) is 7.98. The number of piperidine rings is 1. The van der Waals surface area contributed by atoms with Gasteiger partial charge in [0.05, 0.1) is 7.11 Å². The number of nitrogen functional groups attached to an aromatic ring is 1. The molecule has 2 aliphatic rings. The number of piperazine rings is 1. The van der Waals surface area contributed by atoms with Crippen molar-refractivity contribution in [1.29, 1.82) is 0 Å². The molecule has 1 atom stereocenters. The lowest BCUT2D eigenvalue weighted by molar-refractivity contribution is 0.0457. The Balaban J connectivity index is 1.64. The van der Waals surface area contributed by atoms with Gasteiger partial charge in [-0.1, -0.05) is 6.42 Å². The lowest BCUT2D eigenvalue weighted by Gasteiger charge is -2.44. The van der Waals surface area contributed by atoms with Crippen LogP contribution in [0.3, 0.4) is 0 Å². The Morgan fingerprint density at radius 2 is 2.10 bits per heavy atom. The molecular weight excluding hydrogens is 250 g/mol. The van der Waals surface area contributed by atoms with Crippen molar-refractivity contribution in [1.82, 2.24) is 9.80 Å². The number of nitrogens with two attached hydrogens (primary N) is 1. The van der Waals surface area contributed by atoms with E-state index in [1.807, 2.05) is 6.07 Å². The van der Waals surface area contributed by atoms with E-state index in [1.165, 1.54) is 44.5 Å². The quantitative estimate of drug-likeness (QED) is 0.856. The van der Waals surface area contributed by atoms with E-state index >= 15 is 0 Å². The first-order chi connectivity index (χ1) is 9.74. The zero-order valence-corrected chi connectivity index (χ0v) is 12.3. The van der Waals surface area contributed by atoms with Crippen LogP contribution in [0.5, 0.6) is 5.75 Å². The molecule has 0 amide bonds. The molecule has 2 aliphatic heterocycles. The predicted octanol–water partition coefficient (Wildman–Crippen LogP) is 1.95. The van der Waals surface area contributed by atoms with E-state index in [0.717, 1.165) is 30.6 Å². The second-order valence-corrected chi connectivity index (χ2v) is 6.04. The smallest absolute Gasteiger partial charge is 0.121 e. The number of fused-ring (bicyclic) bond motifs is 1. The largest absolute Gasteiger partial charge is 0.497 e. The van der Waals surface area contributed by atoms with E-state index in [0.29, 0.717) is 0 Å². The molecular formula is C16H25N3O. The Morgan fingerprint density at radius 3 is 2.95 bits per heavy atom. The summed E-state index contributed by atoms with van der Waals surface area (Å²) in [4.78, 5) is 5.22. The maximum absolute atomic E-state index is 5.94. The maximum Gasteiger partial charge on any atom is 0.121 e. The molecule has 1 unspecified atom stereocenters. The molecule has 2 fully saturated rings. The zero-order valence-electron chi connectivity index (χ0n) is 12.3. The number of methoxy groups -OCH3 is 1. The summed E-state index contributed by atoms with van der Waals surface area (Å²) in [7, 11) is 1.69. The molecule has 110 valence electrons. The van der Waals surface area contributed by atoms with Gasteiger partial charge in [0.15, 0.2) is 0 Å². The van der Waals surface area contributed by atoms with Crippen molar-refractivity contribution >= 4 is 5.69 Å². The fraction of sp³-hybridized carbons (Fsp3) is 0.625. The first kappa shape index (κ1) is 13.7. The van der Waals surface area contributed by atoms with Crippen LogP contribution in [0.15, 0.2) is 18.2 Å². The third-order valence-corrected chi connectivity index (χ3v) is 4.55. The fourth-order valence-corrected chi connectivity index (χ4v) is 3.52. The number of rotatable bonds is 3. The summed E-state index contributed by atoms with van der Waals surface area (Å²) < 4.78 is 5.30. The molecule has 20 heavy (non-hydrogen) atoms. The van der Waals surface area contributed by atoms with Crippen LogP contribution in [-0.4, -0.2) is 49.1 Å². The minimum atomic E-state index is 0.764. The average Bonchev–Trinajstić information content (AvgIpc) is 2.46. The highest BCUT2D eigenvalue weighted by Crippen LogP contribution is 2.24. The van der Waals surface area contributed by atoms with Crippen molar-refractivity contribution in [3.63, 3.8) is 0 Å². The first-order valence-corrected chi connectivity index (χ1v) is 7.64. The normalized spacial score (nSPS) is 24.4. The van der Waals surface area contributed by atoms with Gasteiger partial charge < -0.3 is 10.5 Å². The summed E-state index contributed by atoms with van der Waals surface area (Å²) in [6.07, 6.45) is 4.13. The van der Waals surface area contributed by atoms with Crippen LogP contribution in [0, 0.1) is 0 Å². The molecule has 0 radical (unpaired) electrons. The van der Waals surface area contributed by atoms with Crippen molar-refractivity contribution in [2.75, 3.05) is 39.0 Å².